The van der Waals surface area contributed by atoms with Crippen LogP contribution < -0.4 is 10.6 Å². The molecule has 0 spiro atoms. The number of sulfone groups is 1. The summed E-state index contributed by atoms with van der Waals surface area (Å²) < 4.78 is 66.9. The van der Waals surface area contributed by atoms with Crippen molar-refractivity contribution in [2.45, 2.75) is 64.3 Å². The van der Waals surface area contributed by atoms with Gasteiger partial charge in [-0.05, 0) is 58.9 Å². The fourth-order valence-corrected chi connectivity index (χ4v) is 7.18. The fraction of sp³-hybridized carbons (Fsp3) is 0.429. The summed E-state index contributed by atoms with van der Waals surface area (Å²) in [5.41, 5.74) is 2.50. The minimum atomic E-state index is -3.27. The van der Waals surface area contributed by atoms with Gasteiger partial charge in [-0.25, -0.2) is 31.6 Å². The van der Waals surface area contributed by atoms with E-state index < -0.39 is 32.0 Å². The number of fused-ring (bicyclic) bond motifs is 1. The Morgan fingerprint density at radius 3 is 2.41 bits per heavy atom. The third kappa shape index (κ3) is 5.74. The monoisotopic (exact) mass is 604 g/mol. The summed E-state index contributed by atoms with van der Waals surface area (Å²) in [4.78, 5) is 18.4. The number of hydrogen-bond donors (Lipinski definition) is 2. The van der Waals surface area contributed by atoms with Crippen LogP contribution in [0.3, 0.4) is 0 Å². The minimum absolute atomic E-state index is 0.0421. The van der Waals surface area contributed by atoms with E-state index in [-0.39, 0.29) is 30.0 Å². The zero-order chi connectivity index (χ0) is 29.7. The van der Waals surface area contributed by atoms with Crippen molar-refractivity contribution < 1.29 is 21.6 Å². The average molecular weight is 605 g/mol. The molecule has 1 saturated carbocycles. The summed E-state index contributed by atoms with van der Waals surface area (Å²) >= 11 is 1.47. The molecule has 41 heavy (non-hydrogen) atoms. The smallest absolute Gasteiger partial charge is 0.225 e. The molecular formula is C28H31F3N6O2S2. The Morgan fingerprint density at radius 2 is 1.76 bits per heavy atom. The molecule has 2 atom stereocenters. The number of anilines is 2. The molecule has 1 aliphatic carbocycles. The van der Waals surface area contributed by atoms with E-state index in [0.717, 1.165) is 28.8 Å². The molecule has 3 aromatic heterocycles. The van der Waals surface area contributed by atoms with Crippen molar-refractivity contribution in [2.24, 2.45) is 5.92 Å². The number of rotatable bonds is 8. The van der Waals surface area contributed by atoms with Crippen molar-refractivity contribution in [3.8, 4) is 10.6 Å². The molecule has 3 heterocycles. The van der Waals surface area contributed by atoms with Gasteiger partial charge in [-0.15, -0.1) is 11.3 Å². The van der Waals surface area contributed by atoms with Crippen LogP contribution in [0.25, 0.3) is 20.8 Å². The average Bonchev–Trinajstić information content (AvgIpc) is 3.51. The number of nitrogens with zero attached hydrogens (tertiary/aromatic N) is 4. The lowest BCUT2D eigenvalue weighted by Gasteiger charge is -2.30. The maximum atomic E-state index is 14.3. The molecule has 0 radical (unpaired) electrons. The number of aryl methyl sites for hydroxylation is 2. The molecule has 1 fully saturated rings. The van der Waals surface area contributed by atoms with Crippen LogP contribution in [0.2, 0.25) is 0 Å². The van der Waals surface area contributed by atoms with Gasteiger partial charge in [-0.1, -0.05) is 0 Å². The predicted octanol–water partition coefficient (Wildman–Crippen LogP) is 6.20. The number of nitrogens with one attached hydrogen (secondary N) is 2. The van der Waals surface area contributed by atoms with E-state index in [0.29, 0.717) is 40.6 Å². The molecular weight excluding hydrogens is 573 g/mol. The van der Waals surface area contributed by atoms with E-state index in [1.54, 1.807) is 27.0 Å². The molecule has 13 heteroatoms. The van der Waals surface area contributed by atoms with Crippen LogP contribution in [0, 0.1) is 37.2 Å². The molecule has 0 amide bonds. The van der Waals surface area contributed by atoms with E-state index in [9.17, 15) is 21.6 Å². The number of aromatic nitrogens is 4. The highest BCUT2D eigenvalue weighted by atomic mass is 32.2. The lowest BCUT2D eigenvalue weighted by atomic mass is 9.93. The van der Waals surface area contributed by atoms with Gasteiger partial charge in [0.05, 0.1) is 26.4 Å². The van der Waals surface area contributed by atoms with Crippen molar-refractivity contribution in [1.29, 1.82) is 0 Å². The number of hydrogen-bond acceptors (Lipinski definition) is 9. The highest BCUT2D eigenvalue weighted by Crippen LogP contribution is 2.42. The summed E-state index contributed by atoms with van der Waals surface area (Å²) in [5.74, 6) is -2.45. The van der Waals surface area contributed by atoms with Crippen molar-refractivity contribution in [3.63, 3.8) is 0 Å². The largest absolute Gasteiger partial charge is 0.367 e. The second-order valence-electron chi connectivity index (χ2n) is 11.0. The number of benzene rings is 1. The van der Waals surface area contributed by atoms with Crippen molar-refractivity contribution in [3.05, 3.63) is 58.8 Å². The number of pyridine rings is 1. The SMILES string of the molecule is Cc1nc(NCc2c(F)cc(F)cc2F)nc(N[C@H]2CC[C@@H](C(C)(C)S(C)(=O)=O)C2)c1-c1nc2c(C)nccc2s1. The van der Waals surface area contributed by atoms with E-state index in [2.05, 4.69) is 25.6 Å². The Balaban J connectivity index is 1.50. The zero-order valence-electron chi connectivity index (χ0n) is 23.3. The quantitative estimate of drug-likeness (QED) is 0.245. The lowest BCUT2D eigenvalue weighted by molar-refractivity contribution is 0.404. The van der Waals surface area contributed by atoms with Crippen LogP contribution in [0.1, 0.15) is 50.1 Å². The van der Waals surface area contributed by atoms with Gasteiger partial charge in [-0.3, -0.25) is 4.98 Å². The molecule has 0 saturated heterocycles. The molecule has 4 aromatic rings. The van der Waals surface area contributed by atoms with E-state index in [1.807, 2.05) is 13.0 Å². The molecule has 0 bridgehead atoms. The Hall–Kier alpha value is -3.32. The van der Waals surface area contributed by atoms with Gasteiger partial charge >= 0.3 is 0 Å². The normalized spacial score (nSPS) is 17.8. The van der Waals surface area contributed by atoms with Crippen molar-refractivity contribution in [2.75, 3.05) is 16.9 Å². The standard InChI is InChI=1S/C28H31F3N6O2S2/c1-14-23(26-36-24-15(2)32-9-8-22(24)40-26)25(35-18-7-6-16(10-18)28(3,4)41(5,38)39)37-27(34-14)33-13-19-20(30)11-17(29)12-21(19)31/h8-9,11-12,16,18H,6-7,10,13H2,1-5H3,(H2,33,34,35,37)/t16-,18+/m1/s1. The van der Waals surface area contributed by atoms with Gasteiger partial charge in [-0.2, -0.15) is 4.98 Å². The highest BCUT2D eigenvalue weighted by Gasteiger charge is 2.43. The van der Waals surface area contributed by atoms with Gasteiger partial charge in [0.15, 0.2) is 9.84 Å². The molecule has 0 aliphatic heterocycles. The van der Waals surface area contributed by atoms with Crippen LogP contribution in [-0.4, -0.2) is 45.4 Å². The summed E-state index contributed by atoms with van der Waals surface area (Å²) in [6.45, 7) is 6.92. The van der Waals surface area contributed by atoms with Crippen LogP contribution in [0.4, 0.5) is 24.9 Å². The second-order valence-corrected chi connectivity index (χ2v) is 14.7. The van der Waals surface area contributed by atoms with Gasteiger partial charge < -0.3 is 10.6 Å². The summed E-state index contributed by atoms with van der Waals surface area (Å²) in [6, 6.07) is 3.08. The Labute approximate surface area is 240 Å². The van der Waals surface area contributed by atoms with Crippen LogP contribution >= 0.6 is 11.3 Å². The molecule has 2 N–H and O–H groups in total. The first-order valence-corrected chi connectivity index (χ1v) is 15.9. The molecule has 5 rings (SSSR count). The van der Waals surface area contributed by atoms with E-state index in [1.165, 1.54) is 17.6 Å². The molecule has 218 valence electrons. The Kier molecular flexibility index (Phi) is 7.70. The fourth-order valence-electron chi connectivity index (χ4n) is 5.25. The van der Waals surface area contributed by atoms with Crippen molar-refractivity contribution >= 4 is 43.2 Å². The van der Waals surface area contributed by atoms with Gasteiger partial charge in [0.1, 0.15) is 33.8 Å². The maximum absolute atomic E-state index is 14.3. The Morgan fingerprint density at radius 1 is 1.05 bits per heavy atom. The topological polar surface area (TPSA) is 110 Å². The number of thiazole rings is 1. The first kappa shape index (κ1) is 29.2. The first-order valence-electron chi connectivity index (χ1n) is 13.2. The van der Waals surface area contributed by atoms with Crippen LogP contribution in [-0.2, 0) is 16.4 Å². The van der Waals surface area contributed by atoms with Gasteiger partial charge in [0.2, 0.25) is 5.95 Å². The van der Waals surface area contributed by atoms with Gasteiger partial charge in [0.25, 0.3) is 0 Å². The Bertz CT molecular complexity index is 1720. The lowest BCUT2D eigenvalue weighted by Crippen LogP contribution is -2.38. The predicted molar refractivity (Wildman–Crippen MR) is 155 cm³/mol. The molecule has 1 aliphatic rings. The van der Waals surface area contributed by atoms with E-state index in [4.69, 9.17) is 4.98 Å². The molecule has 0 unspecified atom stereocenters. The third-order valence-electron chi connectivity index (χ3n) is 8.04. The summed E-state index contributed by atoms with van der Waals surface area (Å²) in [5, 5.41) is 7.05. The maximum Gasteiger partial charge on any atom is 0.225 e. The summed E-state index contributed by atoms with van der Waals surface area (Å²) in [7, 11) is -3.27. The number of halogens is 3. The second kappa shape index (κ2) is 10.8. The zero-order valence-corrected chi connectivity index (χ0v) is 25.0. The van der Waals surface area contributed by atoms with Crippen molar-refractivity contribution in [1.82, 2.24) is 19.9 Å². The van der Waals surface area contributed by atoms with E-state index >= 15 is 0 Å². The molecule has 1 aromatic carbocycles. The highest BCUT2D eigenvalue weighted by molar-refractivity contribution is 7.92. The first-order chi connectivity index (χ1) is 19.2. The summed E-state index contributed by atoms with van der Waals surface area (Å²) in [6.07, 6.45) is 5.10. The third-order valence-corrected chi connectivity index (χ3v) is 11.3. The molecule has 8 nitrogen and oxygen atoms in total. The van der Waals surface area contributed by atoms with Gasteiger partial charge in [0, 0.05) is 42.7 Å². The van der Waals surface area contributed by atoms with Crippen LogP contribution in [0.15, 0.2) is 24.4 Å². The van der Waals surface area contributed by atoms with Crippen LogP contribution in [0.5, 0.6) is 0 Å². The minimum Gasteiger partial charge on any atom is -0.367 e.